The molecule has 1 saturated heterocycles. The van der Waals surface area contributed by atoms with Crippen molar-refractivity contribution in [3.63, 3.8) is 0 Å². The Morgan fingerprint density at radius 1 is 1.24 bits per heavy atom. The number of likely N-dealkylation sites (tertiary alicyclic amines) is 1. The number of ether oxygens (including phenoxy) is 1. The minimum atomic E-state index is 0. The van der Waals surface area contributed by atoms with Crippen LogP contribution in [0.15, 0.2) is 40.9 Å². The van der Waals surface area contributed by atoms with Gasteiger partial charge in [0.15, 0.2) is 6.61 Å². The number of hydrogen-bond acceptors (Lipinski definition) is 3. The highest BCUT2D eigenvalue weighted by Gasteiger charge is 2.24. The van der Waals surface area contributed by atoms with Crippen molar-refractivity contribution in [1.82, 2.24) is 4.90 Å². The number of piperidine rings is 1. The van der Waals surface area contributed by atoms with Gasteiger partial charge >= 0.3 is 0 Å². The molecule has 2 aromatic rings. The van der Waals surface area contributed by atoms with E-state index in [1.807, 2.05) is 42.2 Å². The number of nitrogens with zero attached hydrogens (tertiary/aromatic N) is 1. The Bertz CT molecular complexity index is 730. The molecule has 0 bridgehead atoms. The number of halogens is 2. The van der Waals surface area contributed by atoms with E-state index >= 15 is 0 Å². The Morgan fingerprint density at radius 3 is 2.56 bits per heavy atom. The lowest BCUT2D eigenvalue weighted by atomic mass is 9.91. The van der Waals surface area contributed by atoms with E-state index in [9.17, 15) is 4.79 Å². The Kier molecular flexibility index (Phi) is 7.11. The minimum Gasteiger partial charge on any atom is -0.484 e. The predicted molar refractivity (Wildman–Crippen MR) is 107 cm³/mol. The first-order valence-corrected chi connectivity index (χ1v) is 9.18. The van der Waals surface area contributed by atoms with E-state index in [-0.39, 0.29) is 31.0 Å². The Labute approximate surface area is 163 Å². The molecule has 1 amide bonds. The van der Waals surface area contributed by atoms with Gasteiger partial charge in [-0.05, 0) is 60.7 Å². The Hall–Kier alpha value is -1.30. The zero-order chi connectivity index (χ0) is 17.1. The molecule has 0 aromatic heterocycles. The van der Waals surface area contributed by atoms with E-state index in [4.69, 9.17) is 10.5 Å². The molecular formula is C19H24BrClN2O2. The molecular weight excluding hydrogens is 404 g/mol. The molecule has 1 heterocycles. The van der Waals surface area contributed by atoms with Crippen LogP contribution in [-0.2, 0) is 4.79 Å². The molecule has 0 saturated carbocycles. The van der Waals surface area contributed by atoms with Gasteiger partial charge in [0, 0.05) is 23.6 Å². The summed E-state index contributed by atoms with van der Waals surface area (Å²) < 4.78 is 6.76. The van der Waals surface area contributed by atoms with Gasteiger partial charge in [-0.15, -0.1) is 12.4 Å². The number of amides is 1. The first-order valence-electron chi connectivity index (χ1n) is 8.38. The molecule has 1 aliphatic heterocycles. The zero-order valence-corrected chi connectivity index (χ0v) is 16.7. The molecule has 6 heteroatoms. The van der Waals surface area contributed by atoms with Crippen LogP contribution in [-0.4, -0.2) is 36.5 Å². The van der Waals surface area contributed by atoms with Gasteiger partial charge in [-0.1, -0.05) is 28.1 Å². The summed E-state index contributed by atoms with van der Waals surface area (Å²) in [6, 6.07) is 12.2. The molecule has 0 aliphatic carbocycles. The molecule has 25 heavy (non-hydrogen) atoms. The SMILES string of the molecule is CC(N)C1CCN(C(=O)COc2ccc3cc(Br)ccc3c2)CC1.Cl. The summed E-state index contributed by atoms with van der Waals surface area (Å²) in [5.74, 6) is 1.30. The summed E-state index contributed by atoms with van der Waals surface area (Å²) in [5.41, 5.74) is 5.95. The summed E-state index contributed by atoms with van der Waals surface area (Å²) in [7, 11) is 0. The normalized spacial score (nSPS) is 16.4. The topological polar surface area (TPSA) is 55.6 Å². The van der Waals surface area contributed by atoms with Crippen LogP contribution < -0.4 is 10.5 Å². The molecule has 4 nitrogen and oxygen atoms in total. The fourth-order valence-corrected chi connectivity index (χ4v) is 3.57. The van der Waals surface area contributed by atoms with Crippen molar-refractivity contribution in [2.75, 3.05) is 19.7 Å². The van der Waals surface area contributed by atoms with Crippen molar-refractivity contribution in [3.8, 4) is 5.75 Å². The van der Waals surface area contributed by atoms with Crippen LogP contribution in [0.3, 0.4) is 0 Å². The third-order valence-corrected chi connectivity index (χ3v) is 5.27. The quantitative estimate of drug-likeness (QED) is 0.802. The van der Waals surface area contributed by atoms with Gasteiger partial charge in [0.05, 0.1) is 0 Å². The van der Waals surface area contributed by atoms with Gasteiger partial charge in [-0.2, -0.15) is 0 Å². The van der Waals surface area contributed by atoms with Crippen molar-refractivity contribution < 1.29 is 9.53 Å². The van der Waals surface area contributed by atoms with Crippen molar-refractivity contribution in [3.05, 3.63) is 40.9 Å². The predicted octanol–water partition coefficient (Wildman–Crippen LogP) is 3.99. The molecule has 0 radical (unpaired) electrons. The first kappa shape index (κ1) is 20.0. The van der Waals surface area contributed by atoms with Crippen molar-refractivity contribution in [1.29, 1.82) is 0 Å². The van der Waals surface area contributed by atoms with Crippen LogP contribution in [0.25, 0.3) is 10.8 Å². The largest absolute Gasteiger partial charge is 0.484 e. The van der Waals surface area contributed by atoms with Crippen LogP contribution in [0.2, 0.25) is 0 Å². The second-order valence-corrected chi connectivity index (χ2v) is 7.43. The summed E-state index contributed by atoms with van der Waals surface area (Å²) >= 11 is 3.47. The zero-order valence-electron chi connectivity index (χ0n) is 14.3. The highest BCUT2D eigenvalue weighted by Crippen LogP contribution is 2.24. The van der Waals surface area contributed by atoms with E-state index in [1.54, 1.807) is 0 Å². The molecule has 1 unspecified atom stereocenters. The molecule has 2 aromatic carbocycles. The Balaban J connectivity index is 0.00000225. The highest BCUT2D eigenvalue weighted by atomic mass is 79.9. The molecule has 3 rings (SSSR count). The highest BCUT2D eigenvalue weighted by molar-refractivity contribution is 9.10. The third-order valence-electron chi connectivity index (χ3n) is 4.77. The van der Waals surface area contributed by atoms with Crippen LogP contribution in [0.1, 0.15) is 19.8 Å². The minimum absolute atomic E-state index is 0. The number of nitrogens with two attached hydrogens (primary N) is 1. The second kappa shape index (κ2) is 8.88. The summed E-state index contributed by atoms with van der Waals surface area (Å²) in [5, 5.41) is 2.24. The summed E-state index contributed by atoms with van der Waals surface area (Å²) in [6.45, 7) is 3.69. The molecule has 136 valence electrons. The maximum Gasteiger partial charge on any atom is 0.260 e. The van der Waals surface area contributed by atoms with Crippen LogP contribution in [0.5, 0.6) is 5.75 Å². The molecule has 2 N–H and O–H groups in total. The van der Waals surface area contributed by atoms with E-state index in [2.05, 4.69) is 22.0 Å². The van der Waals surface area contributed by atoms with Gasteiger partial charge in [0.25, 0.3) is 5.91 Å². The monoisotopic (exact) mass is 426 g/mol. The van der Waals surface area contributed by atoms with Crippen molar-refractivity contribution in [2.24, 2.45) is 11.7 Å². The average molecular weight is 428 g/mol. The van der Waals surface area contributed by atoms with Gasteiger partial charge < -0.3 is 15.4 Å². The number of rotatable bonds is 4. The second-order valence-electron chi connectivity index (χ2n) is 6.52. The van der Waals surface area contributed by atoms with Crippen LogP contribution in [0, 0.1) is 5.92 Å². The van der Waals surface area contributed by atoms with E-state index < -0.39 is 0 Å². The number of carbonyl (C=O) groups is 1. The lowest BCUT2D eigenvalue weighted by molar-refractivity contribution is -0.134. The van der Waals surface area contributed by atoms with Crippen LogP contribution in [0.4, 0.5) is 0 Å². The lowest BCUT2D eigenvalue weighted by Crippen LogP contribution is -2.44. The van der Waals surface area contributed by atoms with Gasteiger partial charge in [0.2, 0.25) is 0 Å². The molecule has 1 fully saturated rings. The Morgan fingerprint density at radius 2 is 1.88 bits per heavy atom. The van der Waals surface area contributed by atoms with Gasteiger partial charge in [0.1, 0.15) is 5.75 Å². The van der Waals surface area contributed by atoms with Crippen molar-refractivity contribution in [2.45, 2.75) is 25.8 Å². The first-order chi connectivity index (χ1) is 11.5. The average Bonchev–Trinajstić information content (AvgIpc) is 2.59. The lowest BCUT2D eigenvalue weighted by Gasteiger charge is -2.33. The number of fused-ring (bicyclic) bond motifs is 1. The maximum atomic E-state index is 12.3. The van der Waals surface area contributed by atoms with E-state index in [1.165, 1.54) is 0 Å². The van der Waals surface area contributed by atoms with Gasteiger partial charge in [-0.25, -0.2) is 0 Å². The number of hydrogen-bond donors (Lipinski definition) is 1. The standard InChI is InChI=1S/C19H23BrN2O2.ClH/c1-13(21)14-6-8-22(9-7-14)19(23)12-24-18-5-3-15-10-17(20)4-2-16(15)11-18;/h2-5,10-11,13-14H,6-9,12,21H2,1H3;1H. The van der Waals surface area contributed by atoms with E-state index in [0.29, 0.717) is 5.92 Å². The molecule has 0 spiro atoms. The molecule has 1 atom stereocenters. The van der Waals surface area contributed by atoms with Crippen LogP contribution >= 0.6 is 28.3 Å². The fraction of sp³-hybridized carbons (Fsp3) is 0.421. The van der Waals surface area contributed by atoms with Crippen molar-refractivity contribution >= 4 is 45.0 Å². The number of benzene rings is 2. The molecule has 1 aliphatic rings. The smallest absolute Gasteiger partial charge is 0.260 e. The summed E-state index contributed by atoms with van der Waals surface area (Å²) in [6.07, 6.45) is 1.96. The summed E-state index contributed by atoms with van der Waals surface area (Å²) in [4.78, 5) is 14.2. The van der Waals surface area contributed by atoms with Gasteiger partial charge in [-0.3, -0.25) is 4.79 Å². The maximum absolute atomic E-state index is 12.3. The fourth-order valence-electron chi connectivity index (χ4n) is 3.20. The third kappa shape index (κ3) is 5.09. The number of carbonyl (C=O) groups excluding carboxylic acids is 1. The van der Waals surface area contributed by atoms with E-state index in [0.717, 1.165) is 46.9 Å².